The van der Waals surface area contributed by atoms with Gasteiger partial charge in [-0.1, -0.05) is 6.92 Å². The number of nitrogens with two attached hydrogens (primary N) is 1. The molecule has 0 saturated heterocycles. The van der Waals surface area contributed by atoms with Crippen LogP contribution in [0, 0.1) is 5.82 Å². The molecule has 0 radical (unpaired) electrons. The number of nitrogens with zero attached hydrogens (tertiary/aromatic N) is 4. The Labute approximate surface area is 92.1 Å². The molecule has 0 bridgehead atoms. The topological polar surface area (TPSA) is 69.6 Å². The Balaban J connectivity index is 2.42. The molecule has 0 atom stereocenters. The predicted molar refractivity (Wildman–Crippen MR) is 57.9 cm³/mol. The van der Waals surface area contributed by atoms with E-state index < -0.39 is 5.82 Å². The highest BCUT2D eigenvalue weighted by Crippen LogP contribution is 2.20. The Morgan fingerprint density at radius 1 is 1.44 bits per heavy atom. The van der Waals surface area contributed by atoms with Gasteiger partial charge in [0.1, 0.15) is 5.82 Å². The molecule has 16 heavy (non-hydrogen) atoms. The number of nitrogen functional groups attached to an aromatic ring is 1. The Morgan fingerprint density at radius 2 is 2.25 bits per heavy atom. The Morgan fingerprint density at radius 3 is 2.94 bits per heavy atom. The van der Waals surface area contributed by atoms with E-state index >= 15 is 0 Å². The van der Waals surface area contributed by atoms with Crippen LogP contribution in [0.3, 0.4) is 0 Å². The number of tetrazole rings is 1. The SMILES string of the molecule is CCCn1nnnc1-c1ccc(F)c(N)c1. The molecule has 0 unspecified atom stereocenters. The molecule has 1 aromatic carbocycles. The lowest BCUT2D eigenvalue weighted by Gasteiger charge is -2.04. The van der Waals surface area contributed by atoms with E-state index in [9.17, 15) is 4.39 Å². The van der Waals surface area contributed by atoms with Crippen molar-refractivity contribution in [3.05, 3.63) is 24.0 Å². The van der Waals surface area contributed by atoms with Crippen LogP contribution in [-0.4, -0.2) is 20.2 Å². The number of benzene rings is 1. The minimum atomic E-state index is -0.432. The second-order valence-corrected chi connectivity index (χ2v) is 3.46. The number of halogens is 1. The molecule has 5 nitrogen and oxygen atoms in total. The minimum Gasteiger partial charge on any atom is -0.396 e. The van der Waals surface area contributed by atoms with E-state index in [2.05, 4.69) is 15.5 Å². The first kappa shape index (κ1) is 10.5. The predicted octanol–water partition coefficient (Wildman–Crippen LogP) is 1.47. The van der Waals surface area contributed by atoms with Gasteiger partial charge < -0.3 is 5.73 Å². The first-order valence-electron chi connectivity index (χ1n) is 5.04. The highest BCUT2D eigenvalue weighted by atomic mass is 19.1. The van der Waals surface area contributed by atoms with Crippen LogP contribution >= 0.6 is 0 Å². The average Bonchev–Trinajstić information content (AvgIpc) is 2.71. The van der Waals surface area contributed by atoms with Crippen molar-refractivity contribution >= 4 is 5.69 Å². The van der Waals surface area contributed by atoms with Crippen molar-refractivity contribution in [1.29, 1.82) is 0 Å². The van der Waals surface area contributed by atoms with Gasteiger partial charge in [-0.3, -0.25) is 0 Å². The largest absolute Gasteiger partial charge is 0.396 e. The van der Waals surface area contributed by atoms with Gasteiger partial charge in [0, 0.05) is 12.1 Å². The summed E-state index contributed by atoms with van der Waals surface area (Å²) in [5, 5.41) is 11.4. The molecule has 2 N–H and O–H groups in total. The molecule has 6 heteroatoms. The first-order valence-corrected chi connectivity index (χ1v) is 5.04. The summed E-state index contributed by atoms with van der Waals surface area (Å²) < 4.78 is 14.7. The molecular weight excluding hydrogens is 209 g/mol. The van der Waals surface area contributed by atoms with Crippen LogP contribution in [0.2, 0.25) is 0 Å². The maximum absolute atomic E-state index is 13.0. The summed E-state index contributed by atoms with van der Waals surface area (Å²) in [6.07, 6.45) is 0.925. The van der Waals surface area contributed by atoms with Gasteiger partial charge in [-0.15, -0.1) is 5.10 Å². The summed E-state index contributed by atoms with van der Waals surface area (Å²) in [6, 6.07) is 4.46. The number of aryl methyl sites for hydroxylation is 1. The highest BCUT2D eigenvalue weighted by molar-refractivity contribution is 5.61. The molecule has 1 heterocycles. The molecule has 0 aliphatic carbocycles. The number of hydrogen-bond acceptors (Lipinski definition) is 4. The number of aromatic nitrogens is 4. The van der Waals surface area contributed by atoms with Gasteiger partial charge in [0.25, 0.3) is 0 Å². The maximum atomic E-state index is 13.0. The zero-order valence-corrected chi connectivity index (χ0v) is 8.89. The molecule has 2 rings (SSSR count). The second kappa shape index (κ2) is 4.26. The van der Waals surface area contributed by atoms with Crippen molar-refractivity contribution < 1.29 is 4.39 Å². The van der Waals surface area contributed by atoms with E-state index in [1.54, 1.807) is 10.7 Å². The minimum absolute atomic E-state index is 0.101. The van der Waals surface area contributed by atoms with Crippen molar-refractivity contribution in [3.8, 4) is 11.4 Å². The molecule has 0 saturated carbocycles. The zero-order chi connectivity index (χ0) is 11.5. The third kappa shape index (κ3) is 1.86. The van der Waals surface area contributed by atoms with Crippen molar-refractivity contribution in [2.24, 2.45) is 0 Å². The van der Waals surface area contributed by atoms with Crippen LogP contribution in [0.5, 0.6) is 0 Å². The van der Waals surface area contributed by atoms with Gasteiger partial charge in [-0.05, 0) is 35.0 Å². The molecule has 0 amide bonds. The van der Waals surface area contributed by atoms with E-state index in [1.807, 2.05) is 6.92 Å². The fourth-order valence-corrected chi connectivity index (χ4v) is 1.46. The summed E-state index contributed by atoms with van der Waals surface area (Å²) in [5.41, 5.74) is 6.32. The van der Waals surface area contributed by atoms with Crippen molar-refractivity contribution in [2.45, 2.75) is 19.9 Å². The number of anilines is 1. The van der Waals surface area contributed by atoms with Crippen molar-refractivity contribution in [1.82, 2.24) is 20.2 Å². The van der Waals surface area contributed by atoms with Crippen LogP contribution in [0.15, 0.2) is 18.2 Å². The van der Waals surface area contributed by atoms with Crippen LogP contribution in [0.1, 0.15) is 13.3 Å². The lowest BCUT2D eigenvalue weighted by Crippen LogP contribution is -2.02. The third-order valence-electron chi connectivity index (χ3n) is 2.22. The van der Waals surface area contributed by atoms with E-state index in [1.165, 1.54) is 12.1 Å². The van der Waals surface area contributed by atoms with E-state index in [-0.39, 0.29) is 5.69 Å². The molecule has 0 aliphatic heterocycles. The third-order valence-corrected chi connectivity index (χ3v) is 2.22. The fraction of sp³-hybridized carbons (Fsp3) is 0.300. The zero-order valence-electron chi connectivity index (χ0n) is 8.89. The fourth-order valence-electron chi connectivity index (χ4n) is 1.46. The summed E-state index contributed by atoms with van der Waals surface area (Å²) in [7, 11) is 0. The van der Waals surface area contributed by atoms with Crippen LogP contribution in [-0.2, 0) is 6.54 Å². The molecule has 84 valence electrons. The van der Waals surface area contributed by atoms with Crippen LogP contribution in [0.25, 0.3) is 11.4 Å². The lowest BCUT2D eigenvalue weighted by molar-refractivity contribution is 0.583. The standard InChI is InChI=1S/C10H12FN5/c1-2-5-16-10(13-14-15-16)7-3-4-8(11)9(12)6-7/h3-4,6H,2,5,12H2,1H3. The second-order valence-electron chi connectivity index (χ2n) is 3.46. The van der Waals surface area contributed by atoms with Gasteiger partial charge in [0.15, 0.2) is 5.82 Å². The monoisotopic (exact) mass is 221 g/mol. The summed E-state index contributed by atoms with van der Waals surface area (Å²) in [6.45, 7) is 2.75. The Kier molecular flexibility index (Phi) is 2.80. The highest BCUT2D eigenvalue weighted by Gasteiger charge is 2.09. The molecule has 0 aliphatic rings. The Bertz CT molecular complexity index is 494. The van der Waals surface area contributed by atoms with Gasteiger partial charge in [-0.25, -0.2) is 9.07 Å². The van der Waals surface area contributed by atoms with Gasteiger partial charge in [0.2, 0.25) is 0 Å². The quantitative estimate of drug-likeness (QED) is 0.797. The number of hydrogen-bond donors (Lipinski definition) is 1. The molecular formula is C10H12FN5. The molecule has 0 spiro atoms. The Hall–Kier alpha value is -1.98. The summed E-state index contributed by atoms with van der Waals surface area (Å²) >= 11 is 0. The van der Waals surface area contributed by atoms with E-state index in [4.69, 9.17) is 5.73 Å². The van der Waals surface area contributed by atoms with Crippen molar-refractivity contribution in [2.75, 3.05) is 5.73 Å². The first-order chi connectivity index (χ1) is 7.72. The normalized spacial score (nSPS) is 10.6. The van der Waals surface area contributed by atoms with Crippen molar-refractivity contribution in [3.63, 3.8) is 0 Å². The molecule has 2 aromatic rings. The summed E-state index contributed by atoms with van der Waals surface area (Å²) in [5.74, 6) is 0.173. The summed E-state index contributed by atoms with van der Waals surface area (Å²) in [4.78, 5) is 0. The molecule has 0 fully saturated rings. The molecule has 1 aromatic heterocycles. The van der Waals surface area contributed by atoms with E-state index in [0.29, 0.717) is 5.82 Å². The smallest absolute Gasteiger partial charge is 0.182 e. The lowest BCUT2D eigenvalue weighted by atomic mass is 10.2. The van der Waals surface area contributed by atoms with Gasteiger partial charge >= 0.3 is 0 Å². The van der Waals surface area contributed by atoms with Crippen LogP contribution in [0.4, 0.5) is 10.1 Å². The van der Waals surface area contributed by atoms with Gasteiger partial charge in [0.05, 0.1) is 5.69 Å². The average molecular weight is 221 g/mol. The van der Waals surface area contributed by atoms with E-state index in [0.717, 1.165) is 18.5 Å². The van der Waals surface area contributed by atoms with Crippen LogP contribution < -0.4 is 5.73 Å². The maximum Gasteiger partial charge on any atom is 0.182 e. The van der Waals surface area contributed by atoms with Gasteiger partial charge in [-0.2, -0.15) is 0 Å². The number of rotatable bonds is 3.